The maximum absolute atomic E-state index is 9.44. The second-order valence-electron chi connectivity index (χ2n) is 4.54. The van der Waals surface area contributed by atoms with E-state index in [-0.39, 0.29) is 6.61 Å². The molecule has 3 nitrogen and oxygen atoms in total. The number of rotatable bonds is 7. The minimum atomic E-state index is 0.284. The van der Waals surface area contributed by atoms with Gasteiger partial charge in [-0.2, -0.15) is 0 Å². The molecule has 1 aromatic rings. The van der Waals surface area contributed by atoms with Crippen molar-refractivity contribution >= 4 is 0 Å². The van der Waals surface area contributed by atoms with E-state index >= 15 is 0 Å². The number of benzene rings is 1. The Kier molecular flexibility index (Phi) is 6.01. The van der Waals surface area contributed by atoms with Gasteiger partial charge in [-0.05, 0) is 57.5 Å². The first-order valence-corrected chi connectivity index (χ1v) is 6.25. The molecule has 0 saturated heterocycles. The number of phenolic OH excluding ortho intramolecular Hbond substituents is 1. The molecule has 0 heterocycles. The summed E-state index contributed by atoms with van der Waals surface area (Å²) in [4.78, 5) is 2.27. The van der Waals surface area contributed by atoms with Gasteiger partial charge in [-0.1, -0.05) is 12.1 Å². The van der Waals surface area contributed by atoms with Gasteiger partial charge < -0.3 is 10.2 Å². The number of hydrogen-bond acceptors (Lipinski definition) is 3. The second-order valence-corrected chi connectivity index (χ2v) is 4.54. The summed E-state index contributed by atoms with van der Waals surface area (Å²) >= 11 is 0. The number of hydrogen-bond donors (Lipinski definition) is 2. The Balaban J connectivity index is 2.43. The Labute approximate surface area is 104 Å². The van der Waals surface area contributed by atoms with Gasteiger partial charge >= 0.3 is 0 Å². The quantitative estimate of drug-likeness (QED) is 0.716. The molecule has 0 aromatic heterocycles. The van der Waals surface area contributed by atoms with Crippen LogP contribution in [0.15, 0.2) is 24.3 Å². The van der Waals surface area contributed by atoms with Crippen LogP contribution >= 0.6 is 0 Å². The Morgan fingerprint density at radius 3 is 2.65 bits per heavy atom. The van der Waals surface area contributed by atoms with Gasteiger partial charge in [0.1, 0.15) is 5.75 Å². The number of phenols is 1. The number of aliphatic hydroxyl groups excluding tert-OH is 1. The maximum atomic E-state index is 9.44. The molecule has 0 aliphatic carbocycles. The van der Waals surface area contributed by atoms with Crippen molar-refractivity contribution in [3.63, 3.8) is 0 Å². The summed E-state index contributed by atoms with van der Waals surface area (Å²) in [5.74, 6) is 0.322. The van der Waals surface area contributed by atoms with Crippen LogP contribution in [0.2, 0.25) is 0 Å². The predicted molar refractivity (Wildman–Crippen MR) is 70.1 cm³/mol. The number of unbranched alkanes of at least 4 members (excludes halogenated alkanes) is 2. The Morgan fingerprint density at radius 1 is 1.24 bits per heavy atom. The molecule has 2 N–H and O–H groups in total. The zero-order valence-corrected chi connectivity index (χ0v) is 10.8. The van der Waals surface area contributed by atoms with Crippen LogP contribution in [0.3, 0.4) is 0 Å². The third-order valence-corrected chi connectivity index (χ3v) is 3.18. The lowest BCUT2D eigenvalue weighted by Crippen LogP contribution is -2.23. The fourth-order valence-electron chi connectivity index (χ4n) is 1.88. The van der Waals surface area contributed by atoms with Crippen LogP contribution in [-0.4, -0.2) is 35.3 Å². The summed E-state index contributed by atoms with van der Waals surface area (Å²) in [6, 6.07) is 7.72. The monoisotopic (exact) mass is 237 g/mol. The average molecular weight is 237 g/mol. The fourth-order valence-corrected chi connectivity index (χ4v) is 1.88. The molecular weight excluding hydrogens is 214 g/mol. The smallest absolute Gasteiger partial charge is 0.115 e. The molecule has 1 atom stereocenters. The predicted octanol–water partition coefficient (Wildman–Crippen LogP) is 2.55. The highest BCUT2D eigenvalue weighted by molar-refractivity contribution is 5.29. The first-order valence-electron chi connectivity index (χ1n) is 6.25. The largest absolute Gasteiger partial charge is 0.508 e. The van der Waals surface area contributed by atoms with E-state index in [1.807, 2.05) is 18.2 Å². The van der Waals surface area contributed by atoms with Crippen molar-refractivity contribution in [3.05, 3.63) is 29.8 Å². The summed E-state index contributed by atoms with van der Waals surface area (Å²) in [5.41, 5.74) is 1.13. The molecule has 1 unspecified atom stereocenters. The summed E-state index contributed by atoms with van der Waals surface area (Å²) in [6.45, 7) is 3.43. The normalized spacial score (nSPS) is 12.9. The Hall–Kier alpha value is -1.06. The second kappa shape index (κ2) is 7.30. The van der Waals surface area contributed by atoms with Gasteiger partial charge in [-0.25, -0.2) is 0 Å². The Bertz CT molecular complexity index is 328. The standard InChI is InChI=1S/C14H23NO2/c1-12(13-7-6-8-14(17)11-13)15(2)9-4-3-5-10-16/h6-8,11-12,16-17H,3-5,9-10H2,1-2H3. The lowest BCUT2D eigenvalue weighted by atomic mass is 10.1. The van der Waals surface area contributed by atoms with Crippen molar-refractivity contribution in [2.75, 3.05) is 20.2 Å². The first-order chi connectivity index (χ1) is 8.15. The molecule has 0 amide bonds. The lowest BCUT2D eigenvalue weighted by Gasteiger charge is -2.25. The van der Waals surface area contributed by atoms with Gasteiger partial charge in [0.15, 0.2) is 0 Å². The van der Waals surface area contributed by atoms with Gasteiger partial charge in [0, 0.05) is 12.6 Å². The van der Waals surface area contributed by atoms with Gasteiger partial charge in [0.05, 0.1) is 0 Å². The van der Waals surface area contributed by atoms with Crippen molar-refractivity contribution in [3.8, 4) is 5.75 Å². The number of aliphatic hydroxyl groups is 1. The minimum absolute atomic E-state index is 0.284. The molecule has 1 aromatic carbocycles. The molecule has 17 heavy (non-hydrogen) atoms. The van der Waals surface area contributed by atoms with Crippen molar-refractivity contribution in [1.29, 1.82) is 0 Å². The van der Waals surface area contributed by atoms with Gasteiger partial charge in [-0.15, -0.1) is 0 Å². The van der Waals surface area contributed by atoms with Crippen LogP contribution in [-0.2, 0) is 0 Å². The molecule has 3 heteroatoms. The van der Waals surface area contributed by atoms with Crippen molar-refractivity contribution in [2.24, 2.45) is 0 Å². The molecule has 0 aliphatic heterocycles. The molecule has 0 aliphatic rings. The molecule has 0 radical (unpaired) electrons. The van der Waals surface area contributed by atoms with Crippen molar-refractivity contribution in [1.82, 2.24) is 4.90 Å². The van der Waals surface area contributed by atoms with E-state index in [1.165, 1.54) is 0 Å². The van der Waals surface area contributed by atoms with E-state index in [4.69, 9.17) is 5.11 Å². The van der Waals surface area contributed by atoms with Gasteiger partial charge in [0.2, 0.25) is 0 Å². The third-order valence-electron chi connectivity index (χ3n) is 3.18. The zero-order chi connectivity index (χ0) is 12.7. The molecule has 96 valence electrons. The van der Waals surface area contributed by atoms with E-state index in [1.54, 1.807) is 6.07 Å². The van der Waals surface area contributed by atoms with E-state index in [0.717, 1.165) is 31.4 Å². The first kappa shape index (κ1) is 14.0. The summed E-state index contributed by atoms with van der Waals surface area (Å²) in [7, 11) is 2.09. The molecule has 0 fully saturated rings. The minimum Gasteiger partial charge on any atom is -0.508 e. The molecule has 1 rings (SSSR count). The lowest BCUT2D eigenvalue weighted by molar-refractivity contribution is 0.244. The molecule has 0 bridgehead atoms. The summed E-state index contributed by atoms with van der Waals surface area (Å²) in [6.07, 6.45) is 3.04. The van der Waals surface area contributed by atoms with E-state index in [2.05, 4.69) is 18.9 Å². The molecule has 0 saturated carbocycles. The van der Waals surface area contributed by atoms with Crippen molar-refractivity contribution in [2.45, 2.75) is 32.2 Å². The third kappa shape index (κ3) is 4.75. The molecular formula is C14H23NO2. The van der Waals surface area contributed by atoms with Crippen molar-refractivity contribution < 1.29 is 10.2 Å². The van der Waals surface area contributed by atoms with Gasteiger partial charge in [0.25, 0.3) is 0 Å². The number of nitrogens with zero attached hydrogens (tertiary/aromatic N) is 1. The SMILES string of the molecule is CC(c1cccc(O)c1)N(C)CCCCCO. The highest BCUT2D eigenvalue weighted by atomic mass is 16.3. The Morgan fingerprint density at radius 2 is 2.00 bits per heavy atom. The average Bonchev–Trinajstić information content (AvgIpc) is 2.33. The fraction of sp³-hybridized carbons (Fsp3) is 0.571. The van der Waals surface area contributed by atoms with E-state index in [0.29, 0.717) is 11.8 Å². The van der Waals surface area contributed by atoms with Crippen LogP contribution in [0.1, 0.15) is 37.8 Å². The van der Waals surface area contributed by atoms with Crippen LogP contribution in [0, 0.1) is 0 Å². The van der Waals surface area contributed by atoms with E-state index < -0.39 is 0 Å². The highest BCUT2D eigenvalue weighted by Crippen LogP contribution is 2.22. The van der Waals surface area contributed by atoms with Gasteiger partial charge in [-0.3, -0.25) is 4.90 Å². The maximum Gasteiger partial charge on any atom is 0.115 e. The van der Waals surface area contributed by atoms with Crippen LogP contribution < -0.4 is 0 Å². The van der Waals surface area contributed by atoms with Crippen LogP contribution in [0.4, 0.5) is 0 Å². The summed E-state index contributed by atoms with van der Waals surface area (Å²) < 4.78 is 0. The number of aromatic hydroxyl groups is 1. The zero-order valence-electron chi connectivity index (χ0n) is 10.8. The summed E-state index contributed by atoms with van der Waals surface area (Å²) in [5, 5.41) is 18.2. The molecule has 0 spiro atoms. The topological polar surface area (TPSA) is 43.7 Å². The highest BCUT2D eigenvalue weighted by Gasteiger charge is 2.11. The van der Waals surface area contributed by atoms with E-state index in [9.17, 15) is 5.11 Å². The van der Waals surface area contributed by atoms with Crippen LogP contribution in [0.25, 0.3) is 0 Å². The van der Waals surface area contributed by atoms with Crippen LogP contribution in [0.5, 0.6) is 5.75 Å².